The molecule has 2 aromatic rings. The van der Waals surface area contributed by atoms with Crippen LogP contribution in [0.2, 0.25) is 5.02 Å². The molecule has 0 unspecified atom stereocenters. The van der Waals surface area contributed by atoms with E-state index >= 15 is 0 Å². The van der Waals surface area contributed by atoms with Gasteiger partial charge >= 0.3 is 0 Å². The number of amides is 1. The van der Waals surface area contributed by atoms with Gasteiger partial charge in [-0.2, -0.15) is 0 Å². The molecule has 0 bridgehead atoms. The molecule has 1 heterocycles. The van der Waals surface area contributed by atoms with Crippen molar-refractivity contribution in [3.63, 3.8) is 0 Å². The van der Waals surface area contributed by atoms with Gasteiger partial charge in [-0.15, -0.1) is 0 Å². The Hall–Kier alpha value is -2.04. The van der Waals surface area contributed by atoms with E-state index in [2.05, 4.69) is 17.0 Å². The van der Waals surface area contributed by atoms with Gasteiger partial charge in [0.15, 0.2) is 6.61 Å². The van der Waals surface area contributed by atoms with E-state index in [1.54, 1.807) is 0 Å². The Balaban J connectivity index is 1.37. The molecule has 5 heteroatoms. The smallest absolute Gasteiger partial charge is 0.260 e. The molecule has 0 saturated carbocycles. The normalized spacial score (nSPS) is 15.2. The van der Waals surface area contributed by atoms with Crippen molar-refractivity contribution in [3.05, 3.63) is 65.2 Å². The predicted molar refractivity (Wildman–Crippen MR) is 100 cm³/mol. The molecule has 1 fully saturated rings. The van der Waals surface area contributed by atoms with Crippen LogP contribution in [-0.4, -0.2) is 55.0 Å². The van der Waals surface area contributed by atoms with E-state index in [0.717, 1.165) is 49.9 Å². The summed E-state index contributed by atoms with van der Waals surface area (Å²) in [5, 5.41) is 0.772. The SMILES string of the molecule is O=C(COc1ccccc1)N1CCN(CCc2ccc(Cl)cc2)CC1. The number of rotatable bonds is 6. The molecule has 1 saturated heterocycles. The monoisotopic (exact) mass is 358 g/mol. The van der Waals surface area contributed by atoms with E-state index in [9.17, 15) is 4.79 Å². The molecule has 1 aliphatic rings. The number of ether oxygens (including phenoxy) is 1. The molecular formula is C20H23ClN2O2. The van der Waals surface area contributed by atoms with Gasteiger partial charge in [-0.05, 0) is 36.2 Å². The van der Waals surface area contributed by atoms with E-state index < -0.39 is 0 Å². The molecule has 1 aliphatic heterocycles. The molecule has 0 aliphatic carbocycles. The van der Waals surface area contributed by atoms with Crippen LogP contribution >= 0.6 is 11.6 Å². The fourth-order valence-corrected chi connectivity index (χ4v) is 3.04. The number of hydrogen-bond acceptors (Lipinski definition) is 3. The number of halogens is 1. The largest absolute Gasteiger partial charge is 0.484 e. The summed E-state index contributed by atoms with van der Waals surface area (Å²) in [6, 6.07) is 17.5. The van der Waals surface area contributed by atoms with Crippen molar-refractivity contribution in [1.29, 1.82) is 0 Å². The first-order valence-corrected chi connectivity index (χ1v) is 9.01. The van der Waals surface area contributed by atoms with Crippen LogP contribution in [0.5, 0.6) is 5.75 Å². The lowest BCUT2D eigenvalue weighted by Gasteiger charge is -2.34. The fraction of sp³-hybridized carbons (Fsp3) is 0.350. The molecule has 0 N–H and O–H groups in total. The minimum absolute atomic E-state index is 0.0567. The zero-order chi connectivity index (χ0) is 17.5. The van der Waals surface area contributed by atoms with Crippen LogP contribution in [0.4, 0.5) is 0 Å². The highest BCUT2D eigenvalue weighted by atomic mass is 35.5. The minimum atomic E-state index is 0.0567. The summed E-state index contributed by atoms with van der Waals surface area (Å²) in [5.41, 5.74) is 1.29. The van der Waals surface area contributed by atoms with Gasteiger partial charge < -0.3 is 9.64 Å². The van der Waals surface area contributed by atoms with Crippen LogP contribution in [0, 0.1) is 0 Å². The second-order valence-electron chi connectivity index (χ2n) is 6.20. The first-order valence-electron chi connectivity index (χ1n) is 8.63. The highest BCUT2D eigenvalue weighted by Gasteiger charge is 2.21. The van der Waals surface area contributed by atoms with Crippen LogP contribution < -0.4 is 4.74 Å². The summed E-state index contributed by atoms with van der Waals surface area (Å²) in [7, 11) is 0. The minimum Gasteiger partial charge on any atom is -0.484 e. The van der Waals surface area contributed by atoms with Gasteiger partial charge in [-0.3, -0.25) is 9.69 Å². The molecule has 0 radical (unpaired) electrons. The molecule has 2 aromatic carbocycles. The molecular weight excluding hydrogens is 336 g/mol. The van der Waals surface area contributed by atoms with Crippen LogP contribution in [0.25, 0.3) is 0 Å². The highest BCUT2D eigenvalue weighted by molar-refractivity contribution is 6.30. The van der Waals surface area contributed by atoms with Gasteiger partial charge in [0.05, 0.1) is 0 Å². The molecule has 0 aromatic heterocycles. The molecule has 0 atom stereocenters. The standard InChI is InChI=1S/C20H23ClN2O2/c21-18-8-6-17(7-9-18)10-11-22-12-14-23(15-13-22)20(24)16-25-19-4-2-1-3-5-19/h1-9H,10-16H2. The second-order valence-corrected chi connectivity index (χ2v) is 6.64. The quantitative estimate of drug-likeness (QED) is 0.795. The summed E-state index contributed by atoms with van der Waals surface area (Å²) in [4.78, 5) is 16.5. The van der Waals surface area contributed by atoms with Gasteiger partial charge in [0.25, 0.3) is 5.91 Å². The summed E-state index contributed by atoms with van der Waals surface area (Å²) in [6.45, 7) is 4.45. The van der Waals surface area contributed by atoms with Crippen molar-refractivity contribution in [1.82, 2.24) is 9.80 Å². The van der Waals surface area contributed by atoms with Gasteiger partial charge in [-0.25, -0.2) is 0 Å². The third-order valence-corrected chi connectivity index (χ3v) is 4.71. The maximum atomic E-state index is 12.3. The molecule has 132 valence electrons. The number of hydrogen-bond donors (Lipinski definition) is 0. The van der Waals surface area contributed by atoms with Crippen LogP contribution in [0.1, 0.15) is 5.56 Å². The third kappa shape index (κ3) is 5.48. The Bertz CT molecular complexity index is 668. The summed E-state index contributed by atoms with van der Waals surface area (Å²) >= 11 is 5.91. The Morgan fingerprint density at radius 1 is 0.960 bits per heavy atom. The van der Waals surface area contributed by atoms with Gasteiger partial charge in [0.1, 0.15) is 5.75 Å². The summed E-state index contributed by atoms with van der Waals surface area (Å²) in [5.74, 6) is 0.790. The Labute approximate surface area is 154 Å². The van der Waals surface area contributed by atoms with Crippen molar-refractivity contribution in [2.24, 2.45) is 0 Å². The molecule has 3 rings (SSSR count). The average Bonchev–Trinajstić information content (AvgIpc) is 2.67. The van der Waals surface area contributed by atoms with E-state index in [4.69, 9.17) is 16.3 Å². The number of benzene rings is 2. The first-order chi connectivity index (χ1) is 12.2. The predicted octanol–water partition coefficient (Wildman–Crippen LogP) is 3.11. The van der Waals surface area contributed by atoms with Crippen molar-refractivity contribution in [3.8, 4) is 5.75 Å². The zero-order valence-electron chi connectivity index (χ0n) is 14.2. The number of carbonyl (C=O) groups excluding carboxylic acids is 1. The average molecular weight is 359 g/mol. The maximum absolute atomic E-state index is 12.3. The van der Waals surface area contributed by atoms with E-state index in [1.807, 2.05) is 47.4 Å². The summed E-state index contributed by atoms with van der Waals surface area (Å²) < 4.78 is 5.55. The first kappa shape index (κ1) is 17.8. The van der Waals surface area contributed by atoms with Crippen molar-refractivity contribution in [2.75, 3.05) is 39.3 Å². The molecule has 25 heavy (non-hydrogen) atoms. The van der Waals surface area contributed by atoms with Crippen molar-refractivity contribution >= 4 is 17.5 Å². The number of piperazine rings is 1. The third-order valence-electron chi connectivity index (χ3n) is 4.46. The number of para-hydroxylation sites is 1. The number of nitrogens with zero attached hydrogens (tertiary/aromatic N) is 2. The Morgan fingerprint density at radius 3 is 2.32 bits per heavy atom. The van der Waals surface area contributed by atoms with Crippen LogP contribution in [0.3, 0.4) is 0 Å². The lowest BCUT2D eigenvalue weighted by molar-refractivity contribution is -0.135. The van der Waals surface area contributed by atoms with Crippen molar-refractivity contribution in [2.45, 2.75) is 6.42 Å². The zero-order valence-corrected chi connectivity index (χ0v) is 15.0. The van der Waals surface area contributed by atoms with Crippen LogP contribution in [-0.2, 0) is 11.2 Å². The molecule has 1 amide bonds. The molecule has 0 spiro atoms. The van der Waals surface area contributed by atoms with Gasteiger partial charge in [0.2, 0.25) is 0 Å². The Kier molecular flexibility index (Phi) is 6.31. The fourth-order valence-electron chi connectivity index (χ4n) is 2.91. The van der Waals surface area contributed by atoms with Gasteiger partial charge in [0, 0.05) is 37.7 Å². The topological polar surface area (TPSA) is 32.8 Å². The maximum Gasteiger partial charge on any atom is 0.260 e. The second kappa shape index (κ2) is 8.88. The summed E-state index contributed by atoms with van der Waals surface area (Å²) in [6.07, 6.45) is 1.00. The lowest BCUT2D eigenvalue weighted by Crippen LogP contribution is -2.50. The lowest BCUT2D eigenvalue weighted by atomic mass is 10.1. The molecule has 4 nitrogen and oxygen atoms in total. The van der Waals surface area contributed by atoms with Crippen LogP contribution in [0.15, 0.2) is 54.6 Å². The Morgan fingerprint density at radius 2 is 1.64 bits per heavy atom. The highest BCUT2D eigenvalue weighted by Crippen LogP contribution is 2.12. The van der Waals surface area contributed by atoms with Crippen molar-refractivity contribution < 1.29 is 9.53 Å². The van der Waals surface area contributed by atoms with E-state index in [1.165, 1.54) is 5.56 Å². The van der Waals surface area contributed by atoms with Gasteiger partial charge in [-0.1, -0.05) is 41.9 Å². The van der Waals surface area contributed by atoms with E-state index in [-0.39, 0.29) is 12.5 Å². The van der Waals surface area contributed by atoms with E-state index in [0.29, 0.717) is 0 Å². The number of carbonyl (C=O) groups is 1.